The Morgan fingerprint density at radius 1 is 1.31 bits per heavy atom. The summed E-state index contributed by atoms with van der Waals surface area (Å²) in [5, 5.41) is 9.67. The molecule has 2 heterocycles. The molecule has 2 saturated heterocycles. The second-order valence-corrected chi connectivity index (χ2v) is 8.32. The first-order valence-electron chi connectivity index (χ1n) is 9.05. The molecule has 0 aromatic heterocycles. The minimum Gasteiger partial charge on any atom is -0.484 e. The molecule has 0 saturated carbocycles. The zero-order valence-electron chi connectivity index (χ0n) is 15.7. The number of nitrogens with zero attached hydrogens (tertiary/aromatic N) is 1. The number of carboxylic acids is 1. The van der Waals surface area contributed by atoms with Crippen LogP contribution < -0.4 is 4.74 Å². The molecule has 2 fully saturated rings. The Labute approximate surface area is 154 Å². The van der Waals surface area contributed by atoms with E-state index in [-0.39, 0.29) is 30.4 Å². The molecule has 2 aliphatic rings. The second-order valence-electron chi connectivity index (χ2n) is 8.32. The van der Waals surface area contributed by atoms with Crippen LogP contribution in [0.25, 0.3) is 0 Å². The van der Waals surface area contributed by atoms with E-state index in [0.29, 0.717) is 31.9 Å². The molecular formula is C20H27NO5. The largest absolute Gasteiger partial charge is 0.484 e. The Bertz CT molecular complexity index is 678. The van der Waals surface area contributed by atoms with Crippen LogP contribution in [0.5, 0.6) is 5.75 Å². The van der Waals surface area contributed by atoms with Gasteiger partial charge in [0, 0.05) is 25.6 Å². The van der Waals surface area contributed by atoms with Gasteiger partial charge >= 0.3 is 5.97 Å². The van der Waals surface area contributed by atoms with Crippen LogP contribution in [-0.2, 0) is 19.7 Å². The van der Waals surface area contributed by atoms with Crippen LogP contribution in [0.15, 0.2) is 24.3 Å². The maximum Gasteiger partial charge on any atom is 0.311 e. The van der Waals surface area contributed by atoms with E-state index >= 15 is 0 Å². The van der Waals surface area contributed by atoms with Crippen molar-refractivity contribution in [1.29, 1.82) is 0 Å². The van der Waals surface area contributed by atoms with Gasteiger partial charge in [0.2, 0.25) is 0 Å². The molecule has 6 nitrogen and oxygen atoms in total. The van der Waals surface area contributed by atoms with Gasteiger partial charge in [-0.25, -0.2) is 0 Å². The summed E-state index contributed by atoms with van der Waals surface area (Å²) in [6.45, 7) is 7.81. The maximum atomic E-state index is 12.5. The molecule has 3 rings (SSSR count). The summed E-state index contributed by atoms with van der Waals surface area (Å²) < 4.78 is 11.0. The predicted molar refractivity (Wildman–Crippen MR) is 96.2 cm³/mol. The molecular weight excluding hydrogens is 334 g/mol. The summed E-state index contributed by atoms with van der Waals surface area (Å²) in [6.07, 6.45) is 0.450. The van der Waals surface area contributed by atoms with Crippen LogP contribution >= 0.6 is 0 Å². The second kappa shape index (κ2) is 6.91. The molecule has 0 unspecified atom stereocenters. The number of ether oxygens (including phenoxy) is 2. The van der Waals surface area contributed by atoms with Gasteiger partial charge in [0.1, 0.15) is 5.75 Å². The standard InChI is InChI=1S/C20H27NO5/c1-19(2,3)14-4-6-16(7-5-14)26-12-17(22)21-10-15-11-25-9-8-20(15,13-21)18(23)24/h4-7,15H,8-13H2,1-3H3,(H,23,24)/t15-,20+/m0/s1. The molecule has 2 atom stereocenters. The van der Waals surface area contributed by atoms with Crippen LogP contribution in [0.3, 0.4) is 0 Å². The quantitative estimate of drug-likeness (QED) is 0.891. The van der Waals surface area contributed by atoms with E-state index in [0.717, 1.165) is 0 Å². The van der Waals surface area contributed by atoms with E-state index in [1.54, 1.807) is 4.90 Å². The number of hydrogen-bond acceptors (Lipinski definition) is 4. The molecule has 0 radical (unpaired) electrons. The molecule has 1 amide bonds. The van der Waals surface area contributed by atoms with Crippen molar-refractivity contribution < 1.29 is 24.2 Å². The van der Waals surface area contributed by atoms with Crippen LogP contribution in [0.1, 0.15) is 32.8 Å². The highest BCUT2D eigenvalue weighted by Crippen LogP contribution is 2.42. The Kier molecular flexibility index (Phi) is 4.97. The number of carboxylic acid groups (broad SMARTS) is 1. The molecule has 2 aliphatic heterocycles. The molecule has 26 heavy (non-hydrogen) atoms. The van der Waals surface area contributed by atoms with Gasteiger partial charge < -0.3 is 19.5 Å². The Morgan fingerprint density at radius 3 is 2.58 bits per heavy atom. The zero-order chi connectivity index (χ0) is 18.9. The van der Waals surface area contributed by atoms with E-state index in [1.165, 1.54) is 5.56 Å². The molecule has 0 aliphatic carbocycles. The van der Waals surface area contributed by atoms with E-state index in [1.807, 2.05) is 24.3 Å². The maximum absolute atomic E-state index is 12.5. The van der Waals surface area contributed by atoms with Crippen molar-refractivity contribution in [2.45, 2.75) is 32.6 Å². The third-order valence-electron chi connectivity index (χ3n) is 5.57. The van der Waals surface area contributed by atoms with Gasteiger partial charge in [-0.2, -0.15) is 0 Å². The molecule has 0 spiro atoms. The van der Waals surface area contributed by atoms with Crippen molar-refractivity contribution in [1.82, 2.24) is 4.90 Å². The normalized spacial score (nSPS) is 25.7. The number of hydrogen-bond donors (Lipinski definition) is 1. The van der Waals surface area contributed by atoms with Crippen molar-refractivity contribution in [3.8, 4) is 5.75 Å². The molecule has 142 valence electrons. The number of aliphatic carboxylic acids is 1. The molecule has 1 N–H and O–H groups in total. The van der Waals surface area contributed by atoms with Crippen LogP contribution in [0.4, 0.5) is 0 Å². The van der Waals surface area contributed by atoms with Gasteiger partial charge in [0.15, 0.2) is 6.61 Å². The summed E-state index contributed by atoms with van der Waals surface area (Å²) in [4.78, 5) is 25.9. The molecule has 1 aromatic rings. The molecule has 1 aromatic carbocycles. The number of fused-ring (bicyclic) bond motifs is 1. The number of carbonyl (C=O) groups excluding carboxylic acids is 1. The lowest BCUT2D eigenvalue weighted by molar-refractivity contribution is -0.157. The number of benzene rings is 1. The topological polar surface area (TPSA) is 76.1 Å². The van der Waals surface area contributed by atoms with Crippen LogP contribution in [0.2, 0.25) is 0 Å². The van der Waals surface area contributed by atoms with Crippen molar-refractivity contribution in [2.75, 3.05) is 32.9 Å². The fourth-order valence-electron chi connectivity index (χ4n) is 3.78. The van der Waals surface area contributed by atoms with Gasteiger partial charge in [-0.1, -0.05) is 32.9 Å². The fourth-order valence-corrected chi connectivity index (χ4v) is 3.78. The Morgan fingerprint density at radius 2 is 2.00 bits per heavy atom. The van der Waals surface area contributed by atoms with Gasteiger partial charge in [-0.3, -0.25) is 9.59 Å². The third kappa shape index (κ3) is 3.56. The summed E-state index contributed by atoms with van der Waals surface area (Å²) in [5.41, 5.74) is 0.388. The van der Waals surface area contributed by atoms with Crippen molar-refractivity contribution in [2.24, 2.45) is 11.3 Å². The predicted octanol–water partition coefficient (Wildman–Crippen LogP) is 2.31. The minimum atomic E-state index is -0.873. The monoisotopic (exact) mass is 361 g/mol. The smallest absolute Gasteiger partial charge is 0.311 e. The lowest BCUT2D eigenvalue weighted by Gasteiger charge is -2.33. The van der Waals surface area contributed by atoms with Gasteiger partial charge in [-0.15, -0.1) is 0 Å². The average Bonchev–Trinajstić information content (AvgIpc) is 3.00. The van der Waals surface area contributed by atoms with E-state index in [4.69, 9.17) is 9.47 Å². The van der Waals surface area contributed by atoms with Gasteiger partial charge in [-0.05, 0) is 29.5 Å². The highest BCUT2D eigenvalue weighted by molar-refractivity contribution is 5.82. The Hall–Kier alpha value is -2.08. The van der Waals surface area contributed by atoms with Crippen molar-refractivity contribution in [3.05, 3.63) is 29.8 Å². The number of likely N-dealkylation sites (tertiary alicyclic amines) is 1. The van der Waals surface area contributed by atoms with Gasteiger partial charge in [0.05, 0.1) is 12.0 Å². The van der Waals surface area contributed by atoms with E-state index in [9.17, 15) is 14.7 Å². The minimum absolute atomic E-state index is 0.0629. The van der Waals surface area contributed by atoms with Gasteiger partial charge in [0.25, 0.3) is 5.91 Å². The summed E-state index contributed by atoms with van der Waals surface area (Å²) in [6, 6.07) is 7.73. The third-order valence-corrected chi connectivity index (χ3v) is 5.57. The number of amides is 1. The van der Waals surface area contributed by atoms with E-state index < -0.39 is 11.4 Å². The zero-order valence-corrected chi connectivity index (χ0v) is 15.7. The first-order chi connectivity index (χ1) is 12.2. The summed E-state index contributed by atoms with van der Waals surface area (Å²) in [5.74, 6) is -0.525. The highest BCUT2D eigenvalue weighted by Gasteiger charge is 2.54. The first kappa shape index (κ1) is 18.7. The van der Waals surface area contributed by atoms with Crippen LogP contribution in [0, 0.1) is 11.3 Å². The van der Waals surface area contributed by atoms with Crippen molar-refractivity contribution in [3.63, 3.8) is 0 Å². The fraction of sp³-hybridized carbons (Fsp3) is 0.600. The first-order valence-corrected chi connectivity index (χ1v) is 9.05. The lowest BCUT2D eigenvalue weighted by Crippen LogP contribution is -2.45. The number of rotatable bonds is 4. The summed E-state index contributed by atoms with van der Waals surface area (Å²) in [7, 11) is 0. The highest BCUT2D eigenvalue weighted by atomic mass is 16.5. The SMILES string of the molecule is CC(C)(C)c1ccc(OCC(=O)N2C[C@H]3COCC[C@@]3(C(=O)O)C2)cc1. The lowest BCUT2D eigenvalue weighted by atomic mass is 9.74. The van der Waals surface area contributed by atoms with Crippen LogP contribution in [-0.4, -0.2) is 54.8 Å². The number of carbonyl (C=O) groups is 2. The Balaban J connectivity index is 1.60. The van der Waals surface area contributed by atoms with Crippen molar-refractivity contribution >= 4 is 11.9 Å². The van der Waals surface area contributed by atoms with E-state index in [2.05, 4.69) is 20.8 Å². The summed E-state index contributed by atoms with van der Waals surface area (Å²) >= 11 is 0. The molecule has 0 bridgehead atoms. The molecule has 6 heteroatoms. The average molecular weight is 361 g/mol.